The quantitative estimate of drug-likeness (QED) is 0.799. The van der Waals surface area contributed by atoms with Crippen LogP contribution < -0.4 is 0 Å². The number of nitrogens with zero attached hydrogens (tertiary/aromatic N) is 2. The lowest BCUT2D eigenvalue weighted by atomic mass is 9.96. The van der Waals surface area contributed by atoms with Crippen molar-refractivity contribution in [1.29, 1.82) is 0 Å². The van der Waals surface area contributed by atoms with Gasteiger partial charge in [-0.2, -0.15) is 0 Å². The normalized spacial score (nSPS) is 14.2. The molecule has 0 bridgehead atoms. The molecule has 1 aromatic heterocycles. The van der Waals surface area contributed by atoms with Gasteiger partial charge in [0.05, 0.1) is 24.7 Å². The summed E-state index contributed by atoms with van der Waals surface area (Å²) in [5, 5.41) is 0. The van der Waals surface area contributed by atoms with Gasteiger partial charge in [-0.15, -0.1) is 0 Å². The molecule has 0 spiro atoms. The van der Waals surface area contributed by atoms with Gasteiger partial charge in [-0.1, -0.05) is 24.3 Å². The number of aryl methyl sites for hydroxylation is 1. The molecule has 23 heavy (non-hydrogen) atoms. The van der Waals surface area contributed by atoms with Crippen molar-refractivity contribution in [2.75, 3.05) is 6.61 Å². The van der Waals surface area contributed by atoms with Crippen molar-refractivity contribution in [2.45, 2.75) is 33.1 Å². The van der Waals surface area contributed by atoms with E-state index in [1.807, 2.05) is 0 Å². The highest BCUT2D eigenvalue weighted by molar-refractivity contribution is 5.93. The molecule has 1 aliphatic carbocycles. The van der Waals surface area contributed by atoms with E-state index in [0.29, 0.717) is 6.61 Å². The molecular weight excluding hydrogens is 288 g/mol. The number of carbonyl (C=O) groups excluding carboxylic acids is 1. The van der Waals surface area contributed by atoms with Gasteiger partial charge in [0, 0.05) is 0 Å². The number of benzene rings is 1. The predicted octanol–water partition coefficient (Wildman–Crippen LogP) is 4.06. The van der Waals surface area contributed by atoms with Gasteiger partial charge in [-0.3, -0.25) is 4.98 Å². The molecule has 4 nitrogen and oxygen atoms in total. The largest absolute Gasteiger partial charge is 0.461 e. The third-order valence-electron chi connectivity index (χ3n) is 4.12. The topological polar surface area (TPSA) is 52.1 Å². The summed E-state index contributed by atoms with van der Waals surface area (Å²) in [5.74, 6) is -0.419. The van der Waals surface area contributed by atoms with Crippen LogP contribution in [0.4, 0.5) is 0 Å². The Balaban J connectivity index is 2.03. The standard InChI is InChI=1S/C19H20N2O2/c1-3-23-19(22)18-12-20-11-17(21-18)16-10-6-9-15(16)14-8-5-4-7-13(14)2/h4-5,7-8,11-12H,3,6,9-10H2,1-2H3. The van der Waals surface area contributed by atoms with Crippen LogP contribution in [-0.2, 0) is 4.74 Å². The molecule has 0 fully saturated rings. The molecule has 0 amide bonds. The SMILES string of the molecule is CCOC(=O)c1cncc(C2=C(c3ccccc3C)CCC2)n1. The van der Waals surface area contributed by atoms with E-state index in [1.165, 1.54) is 28.5 Å². The van der Waals surface area contributed by atoms with Crippen molar-refractivity contribution in [3.8, 4) is 0 Å². The molecule has 0 aliphatic heterocycles. The fourth-order valence-corrected chi connectivity index (χ4v) is 3.05. The number of ether oxygens (including phenoxy) is 1. The van der Waals surface area contributed by atoms with Crippen LogP contribution in [-0.4, -0.2) is 22.5 Å². The van der Waals surface area contributed by atoms with Gasteiger partial charge in [-0.05, 0) is 55.4 Å². The van der Waals surface area contributed by atoms with Gasteiger partial charge in [0.2, 0.25) is 0 Å². The lowest BCUT2D eigenvalue weighted by Crippen LogP contribution is -2.09. The zero-order valence-electron chi connectivity index (χ0n) is 13.5. The minimum absolute atomic E-state index is 0.271. The van der Waals surface area contributed by atoms with Crippen LogP contribution in [0, 0.1) is 6.92 Å². The Bertz CT molecular complexity index is 765. The fourth-order valence-electron chi connectivity index (χ4n) is 3.05. The molecule has 4 heteroatoms. The maximum absolute atomic E-state index is 11.9. The summed E-state index contributed by atoms with van der Waals surface area (Å²) in [6.07, 6.45) is 6.30. The highest BCUT2D eigenvalue weighted by Gasteiger charge is 2.21. The van der Waals surface area contributed by atoms with Crippen LogP contribution in [0.2, 0.25) is 0 Å². The van der Waals surface area contributed by atoms with Crippen LogP contribution >= 0.6 is 0 Å². The summed E-state index contributed by atoms with van der Waals surface area (Å²) in [4.78, 5) is 20.5. The van der Waals surface area contributed by atoms with E-state index in [0.717, 1.165) is 25.0 Å². The Morgan fingerprint density at radius 1 is 1.17 bits per heavy atom. The monoisotopic (exact) mass is 308 g/mol. The molecular formula is C19H20N2O2. The maximum atomic E-state index is 11.9. The number of esters is 1. The first kappa shape index (κ1) is 15.4. The van der Waals surface area contributed by atoms with Crippen LogP contribution in [0.1, 0.15) is 53.5 Å². The molecule has 1 heterocycles. The Hall–Kier alpha value is -2.49. The predicted molar refractivity (Wildman–Crippen MR) is 89.8 cm³/mol. The number of aromatic nitrogens is 2. The molecule has 0 saturated carbocycles. The molecule has 118 valence electrons. The number of rotatable bonds is 4. The molecule has 3 rings (SSSR count). The summed E-state index contributed by atoms with van der Waals surface area (Å²) in [6, 6.07) is 8.39. The Labute approximate surface area is 136 Å². The van der Waals surface area contributed by atoms with Crippen molar-refractivity contribution in [1.82, 2.24) is 9.97 Å². The average molecular weight is 308 g/mol. The average Bonchev–Trinajstić information content (AvgIpc) is 3.05. The van der Waals surface area contributed by atoms with Gasteiger partial charge >= 0.3 is 5.97 Å². The van der Waals surface area contributed by atoms with E-state index in [4.69, 9.17) is 4.74 Å². The van der Waals surface area contributed by atoms with Gasteiger partial charge in [0.1, 0.15) is 0 Å². The van der Waals surface area contributed by atoms with Crippen molar-refractivity contribution in [3.05, 3.63) is 59.2 Å². The molecule has 0 N–H and O–H groups in total. The van der Waals surface area contributed by atoms with Crippen LogP contribution in [0.5, 0.6) is 0 Å². The van der Waals surface area contributed by atoms with Gasteiger partial charge in [-0.25, -0.2) is 9.78 Å². The summed E-state index contributed by atoms with van der Waals surface area (Å²) in [5.41, 5.74) is 6.09. The van der Waals surface area contributed by atoms with E-state index >= 15 is 0 Å². The second-order valence-corrected chi connectivity index (χ2v) is 5.64. The molecule has 1 aliphatic rings. The van der Waals surface area contributed by atoms with Crippen LogP contribution in [0.3, 0.4) is 0 Å². The van der Waals surface area contributed by atoms with Crippen molar-refractivity contribution in [3.63, 3.8) is 0 Å². The zero-order valence-corrected chi connectivity index (χ0v) is 13.5. The molecule has 0 atom stereocenters. The highest BCUT2D eigenvalue weighted by Crippen LogP contribution is 2.39. The summed E-state index contributed by atoms with van der Waals surface area (Å²) >= 11 is 0. The molecule has 0 unspecified atom stereocenters. The summed E-state index contributed by atoms with van der Waals surface area (Å²) in [6.45, 7) is 4.24. The number of carbonyl (C=O) groups is 1. The van der Waals surface area contributed by atoms with E-state index < -0.39 is 5.97 Å². The lowest BCUT2D eigenvalue weighted by molar-refractivity contribution is 0.0519. The van der Waals surface area contributed by atoms with Crippen LogP contribution in [0.15, 0.2) is 36.7 Å². The maximum Gasteiger partial charge on any atom is 0.358 e. The number of hydrogen-bond donors (Lipinski definition) is 0. The molecule has 2 aromatic rings. The Kier molecular flexibility index (Phi) is 4.51. The first-order valence-electron chi connectivity index (χ1n) is 7.98. The minimum Gasteiger partial charge on any atom is -0.461 e. The highest BCUT2D eigenvalue weighted by atomic mass is 16.5. The van der Waals surface area contributed by atoms with Crippen molar-refractivity contribution in [2.24, 2.45) is 0 Å². The van der Waals surface area contributed by atoms with Crippen molar-refractivity contribution >= 4 is 17.1 Å². The second kappa shape index (κ2) is 6.73. The first-order valence-corrected chi connectivity index (χ1v) is 7.98. The van der Waals surface area contributed by atoms with E-state index in [-0.39, 0.29) is 5.69 Å². The molecule has 0 radical (unpaired) electrons. The second-order valence-electron chi connectivity index (χ2n) is 5.64. The van der Waals surface area contributed by atoms with Gasteiger partial charge < -0.3 is 4.74 Å². The lowest BCUT2D eigenvalue weighted by Gasteiger charge is -2.11. The number of hydrogen-bond acceptors (Lipinski definition) is 4. The zero-order chi connectivity index (χ0) is 16.2. The van der Waals surface area contributed by atoms with E-state index in [2.05, 4.69) is 41.2 Å². The van der Waals surface area contributed by atoms with Gasteiger partial charge in [0.25, 0.3) is 0 Å². The first-order chi connectivity index (χ1) is 11.2. The molecule has 0 saturated heterocycles. The van der Waals surface area contributed by atoms with E-state index in [1.54, 1.807) is 13.1 Å². The van der Waals surface area contributed by atoms with Crippen LogP contribution in [0.25, 0.3) is 11.1 Å². The Morgan fingerprint density at radius 2 is 1.96 bits per heavy atom. The number of allylic oxidation sites excluding steroid dienone is 2. The van der Waals surface area contributed by atoms with Crippen molar-refractivity contribution < 1.29 is 9.53 Å². The smallest absolute Gasteiger partial charge is 0.358 e. The minimum atomic E-state index is -0.419. The summed E-state index contributed by atoms with van der Waals surface area (Å²) in [7, 11) is 0. The molecule has 1 aromatic carbocycles. The third-order valence-corrected chi connectivity index (χ3v) is 4.12. The fraction of sp³-hybridized carbons (Fsp3) is 0.316. The summed E-state index contributed by atoms with van der Waals surface area (Å²) < 4.78 is 5.02. The third kappa shape index (κ3) is 3.16. The van der Waals surface area contributed by atoms with Gasteiger partial charge in [0.15, 0.2) is 5.69 Å². The van der Waals surface area contributed by atoms with E-state index in [9.17, 15) is 4.79 Å². The Morgan fingerprint density at radius 3 is 2.74 bits per heavy atom.